The van der Waals surface area contributed by atoms with Gasteiger partial charge in [0.2, 0.25) is 0 Å². The van der Waals surface area contributed by atoms with Crippen molar-refractivity contribution in [3.8, 4) is 11.3 Å². The average molecular weight is 249 g/mol. The first-order valence-electron chi connectivity index (χ1n) is 6.01. The second-order valence-corrected chi connectivity index (χ2v) is 5.25. The van der Waals surface area contributed by atoms with Crippen LogP contribution < -0.4 is 5.73 Å². The summed E-state index contributed by atoms with van der Waals surface area (Å²) in [5.74, 6) is 0. The summed E-state index contributed by atoms with van der Waals surface area (Å²) in [7, 11) is 0. The summed E-state index contributed by atoms with van der Waals surface area (Å²) >= 11 is 1.50. The molecule has 2 rings (SSSR count). The van der Waals surface area contributed by atoms with E-state index in [1.807, 2.05) is 5.38 Å². The van der Waals surface area contributed by atoms with E-state index >= 15 is 0 Å². The zero-order valence-corrected chi connectivity index (χ0v) is 11.5. The fourth-order valence-electron chi connectivity index (χ4n) is 2.13. The van der Waals surface area contributed by atoms with Gasteiger partial charge in [-0.2, -0.15) is 0 Å². The SMILES string of the molecule is CCCCn1c(C)cc(-c2csc(N)n2)c1C. The van der Waals surface area contributed by atoms with Crippen LogP contribution in [0.15, 0.2) is 11.4 Å². The van der Waals surface area contributed by atoms with Crippen molar-refractivity contribution in [2.75, 3.05) is 5.73 Å². The molecule has 0 spiro atoms. The number of unbranched alkanes of at least 4 members (excludes halogenated alkanes) is 1. The number of nitrogens with zero attached hydrogens (tertiary/aromatic N) is 2. The predicted octanol–water partition coefficient (Wildman–Crippen LogP) is 3.61. The van der Waals surface area contributed by atoms with E-state index in [-0.39, 0.29) is 0 Å². The normalized spacial score (nSPS) is 11.0. The van der Waals surface area contributed by atoms with Gasteiger partial charge in [-0.05, 0) is 26.3 Å². The number of rotatable bonds is 4. The average Bonchev–Trinajstić information content (AvgIpc) is 2.82. The Hall–Kier alpha value is -1.29. The van der Waals surface area contributed by atoms with Crippen LogP contribution >= 0.6 is 11.3 Å². The Kier molecular flexibility index (Phi) is 3.52. The quantitative estimate of drug-likeness (QED) is 0.899. The van der Waals surface area contributed by atoms with Crippen LogP contribution in [-0.2, 0) is 6.54 Å². The lowest BCUT2D eigenvalue weighted by Gasteiger charge is -2.08. The van der Waals surface area contributed by atoms with Crippen molar-refractivity contribution in [2.24, 2.45) is 0 Å². The molecule has 2 aromatic heterocycles. The van der Waals surface area contributed by atoms with E-state index in [0.717, 1.165) is 12.2 Å². The Morgan fingerprint density at radius 3 is 2.76 bits per heavy atom. The minimum absolute atomic E-state index is 0.637. The van der Waals surface area contributed by atoms with Gasteiger partial charge in [0.05, 0.1) is 5.69 Å². The number of nitrogen functional groups attached to an aromatic ring is 1. The zero-order valence-electron chi connectivity index (χ0n) is 10.7. The highest BCUT2D eigenvalue weighted by Crippen LogP contribution is 2.29. The molecule has 3 nitrogen and oxygen atoms in total. The van der Waals surface area contributed by atoms with Crippen molar-refractivity contribution in [1.82, 2.24) is 9.55 Å². The fourth-order valence-corrected chi connectivity index (χ4v) is 2.70. The van der Waals surface area contributed by atoms with Gasteiger partial charge < -0.3 is 10.3 Å². The molecule has 0 aliphatic carbocycles. The molecular weight excluding hydrogens is 230 g/mol. The Labute approximate surface area is 106 Å². The van der Waals surface area contributed by atoms with Crippen molar-refractivity contribution in [3.63, 3.8) is 0 Å². The summed E-state index contributed by atoms with van der Waals surface area (Å²) in [5, 5.41) is 2.67. The molecule has 0 aliphatic rings. The molecule has 2 aromatic rings. The van der Waals surface area contributed by atoms with E-state index in [1.54, 1.807) is 0 Å². The third-order valence-electron chi connectivity index (χ3n) is 3.11. The number of nitrogens with two attached hydrogens (primary N) is 1. The standard InChI is InChI=1S/C13H19N3S/c1-4-5-6-16-9(2)7-11(10(16)3)12-8-17-13(14)15-12/h7-8H,4-6H2,1-3H3,(H2,14,15). The molecule has 0 saturated carbocycles. The van der Waals surface area contributed by atoms with Gasteiger partial charge in [-0.3, -0.25) is 0 Å². The van der Waals surface area contributed by atoms with Gasteiger partial charge in [0.15, 0.2) is 5.13 Å². The molecule has 0 bridgehead atoms. The molecular formula is C13H19N3S. The fraction of sp³-hybridized carbons (Fsp3) is 0.462. The first-order valence-corrected chi connectivity index (χ1v) is 6.89. The number of aryl methyl sites for hydroxylation is 1. The second kappa shape index (κ2) is 4.92. The van der Waals surface area contributed by atoms with E-state index in [9.17, 15) is 0 Å². The van der Waals surface area contributed by atoms with Gasteiger partial charge in [0, 0.05) is 28.9 Å². The highest BCUT2D eigenvalue weighted by molar-refractivity contribution is 7.13. The van der Waals surface area contributed by atoms with Crippen LogP contribution in [0.2, 0.25) is 0 Å². The number of hydrogen-bond donors (Lipinski definition) is 1. The molecule has 0 aromatic carbocycles. The Bertz CT molecular complexity index is 511. The lowest BCUT2D eigenvalue weighted by atomic mass is 10.2. The lowest BCUT2D eigenvalue weighted by molar-refractivity contribution is 0.610. The summed E-state index contributed by atoms with van der Waals surface area (Å²) in [6.07, 6.45) is 2.44. The molecule has 4 heteroatoms. The first kappa shape index (κ1) is 12.2. The summed E-state index contributed by atoms with van der Waals surface area (Å²) in [4.78, 5) is 4.36. The molecule has 0 amide bonds. The van der Waals surface area contributed by atoms with Crippen LogP contribution in [0.4, 0.5) is 5.13 Å². The summed E-state index contributed by atoms with van der Waals surface area (Å²) in [6, 6.07) is 2.21. The molecule has 0 atom stereocenters. The second-order valence-electron chi connectivity index (χ2n) is 4.36. The summed E-state index contributed by atoms with van der Waals surface area (Å²) < 4.78 is 2.37. The van der Waals surface area contributed by atoms with E-state index in [4.69, 9.17) is 5.73 Å². The predicted molar refractivity (Wildman–Crippen MR) is 74.3 cm³/mol. The van der Waals surface area contributed by atoms with Gasteiger partial charge in [-0.1, -0.05) is 13.3 Å². The van der Waals surface area contributed by atoms with Gasteiger partial charge in [0.25, 0.3) is 0 Å². The molecule has 0 unspecified atom stereocenters. The number of hydrogen-bond acceptors (Lipinski definition) is 3. The third-order valence-corrected chi connectivity index (χ3v) is 3.78. The Morgan fingerprint density at radius 2 is 2.18 bits per heavy atom. The molecule has 0 fully saturated rings. The van der Waals surface area contributed by atoms with Crippen LogP contribution in [0.1, 0.15) is 31.2 Å². The van der Waals surface area contributed by atoms with Crippen LogP contribution in [-0.4, -0.2) is 9.55 Å². The van der Waals surface area contributed by atoms with Crippen molar-refractivity contribution in [3.05, 3.63) is 22.8 Å². The largest absolute Gasteiger partial charge is 0.375 e. The van der Waals surface area contributed by atoms with Crippen molar-refractivity contribution in [1.29, 1.82) is 0 Å². The van der Waals surface area contributed by atoms with Gasteiger partial charge in [-0.25, -0.2) is 4.98 Å². The van der Waals surface area contributed by atoms with Crippen LogP contribution in [0.3, 0.4) is 0 Å². The third kappa shape index (κ3) is 2.36. The maximum Gasteiger partial charge on any atom is 0.180 e. The van der Waals surface area contributed by atoms with Gasteiger partial charge >= 0.3 is 0 Å². The molecule has 2 N–H and O–H groups in total. The van der Waals surface area contributed by atoms with Gasteiger partial charge in [0.1, 0.15) is 0 Å². The summed E-state index contributed by atoms with van der Waals surface area (Å²) in [6.45, 7) is 7.62. The van der Waals surface area contributed by atoms with Crippen LogP contribution in [0.25, 0.3) is 11.3 Å². The number of aromatic nitrogens is 2. The van der Waals surface area contributed by atoms with E-state index in [1.165, 1.54) is 41.1 Å². The first-order chi connectivity index (χ1) is 8.13. The molecule has 2 heterocycles. The molecule has 0 aliphatic heterocycles. The molecule has 0 saturated heterocycles. The van der Waals surface area contributed by atoms with Gasteiger partial charge in [-0.15, -0.1) is 11.3 Å². The smallest absolute Gasteiger partial charge is 0.180 e. The van der Waals surface area contributed by atoms with Crippen molar-refractivity contribution >= 4 is 16.5 Å². The topological polar surface area (TPSA) is 43.8 Å². The minimum Gasteiger partial charge on any atom is -0.375 e. The van der Waals surface area contributed by atoms with Crippen LogP contribution in [0.5, 0.6) is 0 Å². The van der Waals surface area contributed by atoms with Crippen molar-refractivity contribution < 1.29 is 0 Å². The van der Waals surface area contributed by atoms with E-state index in [2.05, 4.69) is 36.4 Å². The van der Waals surface area contributed by atoms with E-state index in [0.29, 0.717) is 5.13 Å². The number of thiazole rings is 1. The van der Waals surface area contributed by atoms with Crippen molar-refractivity contribution in [2.45, 2.75) is 40.2 Å². The van der Waals surface area contributed by atoms with Crippen LogP contribution in [0, 0.1) is 13.8 Å². The highest BCUT2D eigenvalue weighted by Gasteiger charge is 2.12. The maximum absolute atomic E-state index is 5.69. The minimum atomic E-state index is 0.637. The Morgan fingerprint density at radius 1 is 1.41 bits per heavy atom. The zero-order chi connectivity index (χ0) is 12.4. The molecule has 92 valence electrons. The highest BCUT2D eigenvalue weighted by atomic mass is 32.1. The maximum atomic E-state index is 5.69. The Balaban J connectivity index is 2.36. The monoisotopic (exact) mass is 249 g/mol. The number of anilines is 1. The molecule has 17 heavy (non-hydrogen) atoms. The van der Waals surface area contributed by atoms with E-state index < -0.39 is 0 Å². The molecule has 0 radical (unpaired) electrons. The summed E-state index contributed by atoms with van der Waals surface area (Å²) in [5.41, 5.74) is 10.5. The lowest BCUT2D eigenvalue weighted by Crippen LogP contribution is -2.02.